The molecule has 17 nitrogen and oxygen atoms in total. The zero-order chi connectivity index (χ0) is 84.8. The highest BCUT2D eigenvalue weighted by Crippen LogP contribution is 2.46. The number of benzene rings is 16. The molecule has 16 aromatic carbocycles. The van der Waals surface area contributed by atoms with Crippen LogP contribution >= 0.6 is 0 Å². The van der Waals surface area contributed by atoms with Crippen molar-refractivity contribution in [3.63, 3.8) is 0 Å². The molecule has 0 saturated carbocycles. The van der Waals surface area contributed by atoms with Crippen molar-refractivity contribution in [2.75, 3.05) is 0 Å². The lowest BCUT2D eigenvalue weighted by Gasteiger charge is -2.20. The largest absolute Gasteiger partial charge is 0.309 e. The van der Waals surface area contributed by atoms with Gasteiger partial charge in [0.15, 0.2) is 87.4 Å². The molecular formula is C111H69N17. The Hall–Kier alpha value is -17.8. The average molecular weight is 1640 g/mol. The van der Waals surface area contributed by atoms with Gasteiger partial charge in [0.25, 0.3) is 0 Å². The van der Waals surface area contributed by atoms with E-state index in [0.717, 1.165) is 150 Å². The lowest BCUT2D eigenvalue weighted by Crippen LogP contribution is -2.04. The Morgan fingerprint density at radius 2 is 0.273 bits per heavy atom. The van der Waals surface area contributed by atoms with Crippen LogP contribution in [-0.2, 0) is 0 Å². The number of hydrogen-bond donors (Lipinski definition) is 0. The minimum absolute atomic E-state index is 0.476. The second-order valence-corrected chi connectivity index (χ2v) is 31.0. The van der Waals surface area contributed by atoms with Gasteiger partial charge in [-0.25, -0.2) is 74.8 Å². The molecule has 0 amide bonds. The zero-order valence-electron chi connectivity index (χ0n) is 68.4. The fourth-order valence-corrected chi connectivity index (χ4v) is 16.8. The van der Waals surface area contributed by atoms with Crippen molar-refractivity contribution in [1.29, 1.82) is 0 Å². The van der Waals surface area contributed by atoms with Crippen molar-refractivity contribution >= 4 is 43.6 Å². The number of fused-ring (bicyclic) bond motifs is 6. The standard InChI is InChI=1S/C111H69N17/c1-11-33-70(34-12-1)97-112-98(71-35-13-2-14-36-71)118-107(117-97)80-56-61-92-87(65-80)88-66-81(108-119-99(72-37-15-3-16-38-72)113-100(120-108)73-39-17-4-18-40-73)57-62-93(88)127(92)91-54-32-31-53-85(91)86-60-55-84(111-125-105(78-49-27-9-28-50-78)116-106(126-111)79-51-29-10-30-52-79)69-96(86)128-94-63-58-82(109-121-101(74-41-19-5-20-42-74)114-102(122-109)75-43-21-6-22-44-75)67-89(94)90-68-83(59-64-95(90)128)110-123-103(76-45-23-7-24-46-76)115-104(124-110)77-47-25-8-26-48-77/h1-69H. The van der Waals surface area contributed by atoms with Gasteiger partial charge in [-0.05, 0) is 84.9 Å². The predicted molar refractivity (Wildman–Crippen MR) is 509 cm³/mol. The van der Waals surface area contributed by atoms with Gasteiger partial charge < -0.3 is 9.13 Å². The molecule has 0 saturated heterocycles. The van der Waals surface area contributed by atoms with Gasteiger partial charge in [-0.1, -0.05) is 334 Å². The molecule has 7 heterocycles. The van der Waals surface area contributed by atoms with Gasteiger partial charge in [-0.15, -0.1) is 0 Å². The van der Waals surface area contributed by atoms with Crippen LogP contribution in [0.4, 0.5) is 0 Å². The molecule has 0 radical (unpaired) electrons. The van der Waals surface area contributed by atoms with E-state index in [4.69, 9.17) is 74.8 Å². The van der Waals surface area contributed by atoms with Gasteiger partial charge in [-0.2, -0.15) is 0 Å². The van der Waals surface area contributed by atoms with Crippen LogP contribution in [0.1, 0.15) is 0 Å². The van der Waals surface area contributed by atoms with Crippen molar-refractivity contribution in [1.82, 2.24) is 83.9 Å². The molecule has 0 aliphatic rings. The predicted octanol–water partition coefficient (Wildman–Crippen LogP) is 25.5. The summed E-state index contributed by atoms with van der Waals surface area (Å²) >= 11 is 0. The average Bonchev–Trinajstić information content (AvgIpc) is 1.53. The van der Waals surface area contributed by atoms with E-state index >= 15 is 0 Å². The third kappa shape index (κ3) is 14.4. The molecule has 0 aliphatic heterocycles. The normalized spacial score (nSPS) is 11.4. The molecule has 598 valence electrons. The molecule has 128 heavy (non-hydrogen) atoms. The summed E-state index contributed by atoms with van der Waals surface area (Å²) < 4.78 is 4.75. The third-order valence-electron chi connectivity index (χ3n) is 23.0. The molecule has 23 aromatic rings. The van der Waals surface area contributed by atoms with Crippen LogP contribution < -0.4 is 0 Å². The molecule has 0 N–H and O–H groups in total. The van der Waals surface area contributed by atoms with E-state index in [1.54, 1.807) is 0 Å². The van der Waals surface area contributed by atoms with Crippen LogP contribution in [0, 0.1) is 0 Å². The van der Waals surface area contributed by atoms with E-state index in [-0.39, 0.29) is 0 Å². The summed E-state index contributed by atoms with van der Waals surface area (Å²) in [4.78, 5) is 79.1. The van der Waals surface area contributed by atoms with E-state index in [9.17, 15) is 0 Å². The Bertz CT molecular complexity index is 7480. The van der Waals surface area contributed by atoms with Crippen LogP contribution in [0.2, 0.25) is 0 Å². The molecule has 23 rings (SSSR count). The monoisotopic (exact) mass is 1640 g/mol. The van der Waals surface area contributed by atoms with Gasteiger partial charge in [0.1, 0.15) is 0 Å². The highest BCUT2D eigenvalue weighted by Gasteiger charge is 2.27. The van der Waals surface area contributed by atoms with E-state index in [1.807, 2.05) is 303 Å². The van der Waals surface area contributed by atoms with Crippen LogP contribution in [-0.4, -0.2) is 83.9 Å². The Morgan fingerprint density at radius 3 is 0.484 bits per heavy atom. The molecule has 0 unspecified atom stereocenters. The number of hydrogen-bond acceptors (Lipinski definition) is 15. The summed E-state index contributed by atoms with van der Waals surface area (Å²) in [7, 11) is 0. The zero-order valence-corrected chi connectivity index (χ0v) is 68.4. The van der Waals surface area contributed by atoms with Gasteiger partial charge in [0.05, 0.1) is 33.4 Å². The summed E-state index contributed by atoms with van der Waals surface area (Å²) in [5.74, 6) is 7.94. The summed E-state index contributed by atoms with van der Waals surface area (Å²) in [6.45, 7) is 0. The molecule has 0 aliphatic carbocycles. The van der Waals surface area contributed by atoms with Crippen molar-refractivity contribution in [3.05, 3.63) is 419 Å². The van der Waals surface area contributed by atoms with Crippen molar-refractivity contribution in [3.8, 4) is 193 Å². The van der Waals surface area contributed by atoms with Gasteiger partial charge in [0, 0.05) is 116 Å². The fourth-order valence-electron chi connectivity index (χ4n) is 16.8. The molecule has 0 bridgehead atoms. The Labute approximate surface area is 734 Å². The first-order valence-electron chi connectivity index (χ1n) is 42.2. The maximum atomic E-state index is 5.42. The first-order chi connectivity index (χ1) is 63.4. The summed E-state index contributed by atoms with van der Waals surface area (Å²) in [6.07, 6.45) is 0. The number of rotatable bonds is 18. The minimum atomic E-state index is 0.476. The highest BCUT2D eigenvalue weighted by atomic mass is 15.1. The third-order valence-corrected chi connectivity index (χ3v) is 23.0. The SMILES string of the molecule is c1ccc(-c2nc(-c3ccccc3)nc(-c3ccc(-c4ccccc4-n4c5ccc(-c6nc(-c7ccccc7)nc(-c7ccccc7)n6)cc5c5cc(-c6nc(-c7ccccc7)nc(-c7ccccc7)n6)ccc54)c(-n4c5ccc(-c6nc(-c7ccccc7)nc(-c7ccccc7)n6)cc5c5cc(-c6nc(-c7ccccc7)nc(-c7ccccc7)n6)ccc54)c3)n2)cc1. The molecule has 0 fully saturated rings. The van der Waals surface area contributed by atoms with Gasteiger partial charge >= 0.3 is 0 Å². The van der Waals surface area contributed by atoms with Crippen molar-refractivity contribution in [2.24, 2.45) is 0 Å². The number of para-hydroxylation sites is 1. The Kier molecular flexibility index (Phi) is 19.1. The van der Waals surface area contributed by atoms with Crippen LogP contribution in [0.25, 0.3) is 237 Å². The second kappa shape index (κ2) is 32.5. The summed E-state index contributed by atoms with van der Waals surface area (Å²) in [5.41, 5.74) is 19.5. The van der Waals surface area contributed by atoms with E-state index in [0.29, 0.717) is 87.4 Å². The summed E-state index contributed by atoms with van der Waals surface area (Å²) in [6, 6.07) is 142. The quantitative estimate of drug-likeness (QED) is 0.0784. The van der Waals surface area contributed by atoms with E-state index in [1.165, 1.54) is 0 Å². The smallest absolute Gasteiger partial charge is 0.164 e. The molecular weight excluding hydrogens is 1570 g/mol. The molecule has 7 aromatic heterocycles. The van der Waals surface area contributed by atoms with Crippen LogP contribution in [0.15, 0.2) is 419 Å². The fraction of sp³-hybridized carbons (Fsp3) is 0. The van der Waals surface area contributed by atoms with Crippen molar-refractivity contribution < 1.29 is 0 Å². The minimum Gasteiger partial charge on any atom is -0.309 e. The maximum absolute atomic E-state index is 5.42. The Balaban J connectivity index is 0.788. The van der Waals surface area contributed by atoms with Crippen molar-refractivity contribution in [2.45, 2.75) is 0 Å². The molecule has 0 spiro atoms. The lowest BCUT2D eigenvalue weighted by atomic mass is 9.98. The number of aromatic nitrogens is 17. The lowest BCUT2D eigenvalue weighted by molar-refractivity contribution is 1.07. The first kappa shape index (κ1) is 75.2. The number of nitrogens with zero attached hydrogens (tertiary/aromatic N) is 17. The first-order valence-corrected chi connectivity index (χ1v) is 42.2. The molecule has 17 heteroatoms. The topological polar surface area (TPSA) is 203 Å². The highest BCUT2D eigenvalue weighted by molar-refractivity contribution is 6.14. The van der Waals surface area contributed by atoms with Crippen LogP contribution in [0.5, 0.6) is 0 Å². The van der Waals surface area contributed by atoms with Gasteiger partial charge in [0.2, 0.25) is 0 Å². The summed E-state index contributed by atoms with van der Waals surface area (Å²) in [5, 5.41) is 3.65. The van der Waals surface area contributed by atoms with Gasteiger partial charge in [-0.3, -0.25) is 0 Å². The Morgan fingerprint density at radius 1 is 0.117 bits per heavy atom. The molecule has 0 atom stereocenters. The maximum Gasteiger partial charge on any atom is 0.164 e. The van der Waals surface area contributed by atoms with Crippen LogP contribution in [0.3, 0.4) is 0 Å². The van der Waals surface area contributed by atoms with E-state index < -0.39 is 0 Å². The second-order valence-electron chi connectivity index (χ2n) is 31.0. The van der Waals surface area contributed by atoms with E-state index in [2.05, 4.69) is 124 Å².